The third-order valence-corrected chi connectivity index (χ3v) is 5.72. The third-order valence-electron chi connectivity index (χ3n) is 4.67. The fourth-order valence-electron chi connectivity index (χ4n) is 3.30. The number of carbonyl (C=O) groups excluding carboxylic acids is 1. The second-order valence-corrected chi connectivity index (χ2v) is 7.71. The van der Waals surface area contributed by atoms with Gasteiger partial charge in [-0.25, -0.2) is 0 Å². The predicted octanol–water partition coefficient (Wildman–Crippen LogP) is 3.65. The van der Waals surface area contributed by atoms with E-state index in [9.17, 15) is 4.79 Å². The number of rotatable bonds is 4. The molecular formula is C20H20N4OS. The van der Waals surface area contributed by atoms with Gasteiger partial charge in [-0.2, -0.15) is 0 Å². The Morgan fingerprint density at radius 1 is 1.12 bits per heavy atom. The van der Waals surface area contributed by atoms with Crippen LogP contribution in [-0.2, 0) is 11.2 Å². The molecule has 0 N–H and O–H groups in total. The fraction of sp³-hybridized carbons (Fsp3) is 0.250. The minimum absolute atomic E-state index is 0.110. The van der Waals surface area contributed by atoms with Crippen LogP contribution in [-0.4, -0.2) is 32.5 Å². The van der Waals surface area contributed by atoms with Gasteiger partial charge in [-0.05, 0) is 43.5 Å². The Hall–Kier alpha value is -2.60. The van der Waals surface area contributed by atoms with E-state index in [-0.39, 0.29) is 11.2 Å². The number of aromatic nitrogens is 3. The van der Waals surface area contributed by atoms with Gasteiger partial charge < -0.3 is 4.90 Å². The van der Waals surface area contributed by atoms with Gasteiger partial charge in [0.25, 0.3) is 0 Å². The Morgan fingerprint density at radius 3 is 2.65 bits per heavy atom. The number of nitrogens with zero attached hydrogens (tertiary/aromatic N) is 4. The summed E-state index contributed by atoms with van der Waals surface area (Å²) in [7, 11) is 0. The van der Waals surface area contributed by atoms with Gasteiger partial charge in [0.1, 0.15) is 6.33 Å². The van der Waals surface area contributed by atoms with E-state index in [0.29, 0.717) is 0 Å². The quantitative estimate of drug-likeness (QED) is 0.663. The van der Waals surface area contributed by atoms with Crippen molar-refractivity contribution in [1.82, 2.24) is 14.8 Å². The summed E-state index contributed by atoms with van der Waals surface area (Å²) in [6, 6.07) is 16.2. The van der Waals surface area contributed by atoms with Crippen LogP contribution in [0.15, 0.2) is 60.0 Å². The molecule has 2 aromatic carbocycles. The number of carbonyl (C=O) groups is 1. The van der Waals surface area contributed by atoms with Crippen molar-refractivity contribution in [1.29, 1.82) is 0 Å². The van der Waals surface area contributed by atoms with Gasteiger partial charge in [-0.1, -0.05) is 48.2 Å². The van der Waals surface area contributed by atoms with Gasteiger partial charge in [0, 0.05) is 12.2 Å². The maximum atomic E-state index is 13.0. The lowest BCUT2D eigenvalue weighted by molar-refractivity contribution is -0.117. The third kappa shape index (κ3) is 3.01. The molecule has 0 saturated carbocycles. The lowest BCUT2D eigenvalue weighted by atomic mass is 10.2. The molecule has 1 aliphatic heterocycles. The summed E-state index contributed by atoms with van der Waals surface area (Å²) in [5.41, 5.74) is 4.44. The zero-order valence-corrected chi connectivity index (χ0v) is 15.6. The Balaban J connectivity index is 1.55. The van der Waals surface area contributed by atoms with Crippen LogP contribution in [0.4, 0.5) is 5.69 Å². The highest BCUT2D eigenvalue weighted by atomic mass is 32.2. The van der Waals surface area contributed by atoms with Crippen molar-refractivity contribution < 1.29 is 4.79 Å². The largest absolute Gasteiger partial charge is 0.311 e. The second kappa shape index (κ2) is 6.96. The maximum absolute atomic E-state index is 13.0. The molecule has 5 nitrogen and oxygen atoms in total. The number of hydrogen-bond donors (Lipinski definition) is 0. The van der Waals surface area contributed by atoms with Crippen LogP contribution in [0.2, 0.25) is 0 Å². The fourth-order valence-corrected chi connectivity index (χ4v) is 4.20. The van der Waals surface area contributed by atoms with Crippen molar-refractivity contribution in [2.75, 3.05) is 11.4 Å². The molecule has 1 atom stereocenters. The van der Waals surface area contributed by atoms with Crippen molar-refractivity contribution in [2.45, 2.75) is 30.7 Å². The molecule has 0 fully saturated rings. The summed E-state index contributed by atoms with van der Waals surface area (Å²) in [6.45, 7) is 4.73. The molecule has 0 bridgehead atoms. The molecule has 6 heteroatoms. The lowest BCUT2D eigenvalue weighted by Crippen LogP contribution is -2.35. The first-order valence-electron chi connectivity index (χ1n) is 8.67. The predicted molar refractivity (Wildman–Crippen MR) is 104 cm³/mol. The summed E-state index contributed by atoms with van der Waals surface area (Å²) in [5, 5.41) is 8.77. The van der Waals surface area contributed by atoms with Gasteiger partial charge in [0.15, 0.2) is 5.16 Å². The molecular weight excluding hydrogens is 344 g/mol. The molecule has 1 aromatic heterocycles. The molecule has 26 heavy (non-hydrogen) atoms. The van der Waals surface area contributed by atoms with Gasteiger partial charge in [0.05, 0.1) is 10.9 Å². The number of amides is 1. The smallest absolute Gasteiger partial charge is 0.240 e. The highest BCUT2D eigenvalue weighted by Crippen LogP contribution is 2.31. The lowest BCUT2D eigenvalue weighted by Gasteiger charge is -2.21. The highest BCUT2D eigenvalue weighted by Gasteiger charge is 2.29. The van der Waals surface area contributed by atoms with E-state index in [1.54, 1.807) is 6.33 Å². The van der Waals surface area contributed by atoms with E-state index < -0.39 is 0 Å². The van der Waals surface area contributed by atoms with Crippen LogP contribution in [0.1, 0.15) is 18.1 Å². The van der Waals surface area contributed by atoms with E-state index in [1.807, 2.05) is 52.8 Å². The Labute approximate surface area is 157 Å². The SMILES string of the molecule is Cc1ccccc1-n1cnnc1SC(C)C(=O)N1CCc2ccccc21. The van der Waals surface area contributed by atoms with E-state index >= 15 is 0 Å². The van der Waals surface area contributed by atoms with Gasteiger partial charge in [-0.3, -0.25) is 9.36 Å². The van der Waals surface area contributed by atoms with Crippen molar-refractivity contribution in [3.8, 4) is 5.69 Å². The van der Waals surface area contributed by atoms with Gasteiger partial charge in [0.2, 0.25) is 5.91 Å². The summed E-state index contributed by atoms with van der Waals surface area (Å²) in [5.74, 6) is 0.110. The summed E-state index contributed by atoms with van der Waals surface area (Å²) >= 11 is 1.45. The number of aryl methyl sites for hydroxylation is 1. The van der Waals surface area contributed by atoms with Crippen LogP contribution >= 0.6 is 11.8 Å². The van der Waals surface area contributed by atoms with Crippen molar-refractivity contribution in [2.24, 2.45) is 0 Å². The first-order valence-corrected chi connectivity index (χ1v) is 9.55. The molecule has 0 saturated heterocycles. The summed E-state index contributed by atoms with van der Waals surface area (Å²) < 4.78 is 1.95. The number of anilines is 1. The molecule has 1 amide bonds. The zero-order valence-electron chi connectivity index (χ0n) is 14.8. The molecule has 132 valence electrons. The van der Waals surface area contributed by atoms with E-state index in [0.717, 1.165) is 35.1 Å². The number of thioether (sulfide) groups is 1. The zero-order chi connectivity index (χ0) is 18.1. The van der Waals surface area contributed by atoms with E-state index in [4.69, 9.17) is 0 Å². The Bertz CT molecular complexity index is 952. The molecule has 4 rings (SSSR count). The minimum atomic E-state index is -0.242. The summed E-state index contributed by atoms with van der Waals surface area (Å²) in [6.07, 6.45) is 2.62. The van der Waals surface area contributed by atoms with Crippen LogP contribution in [0.5, 0.6) is 0 Å². The van der Waals surface area contributed by atoms with Crippen LogP contribution in [0, 0.1) is 6.92 Å². The molecule has 0 radical (unpaired) electrons. The molecule has 2 heterocycles. The monoisotopic (exact) mass is 364 g/mol. The molecule has 1 aliphatic rings. The van der Waals surface area contributed by atoms with E-state index in [1.165, 1.54) is 17.3 Å². The van der Waals surface area contributed by atoms with Crippen LogP contribution in [0.25, 0.3) is 5.69 Å². The molecule has 3 aromatic rings. The topological polar surface area (TPSA) is 51.0 Å². The average molecular weight is 364 g/mol. The number of para-hydroxylation sites is 2. The van der Waals surface area contributed by atoms with Crippen molar-refractivity contribution in [3.63, 3.8) is 0 Å². The van der Waals surface area contributed by atoms with Gasteiger partial charge >= 0.3 is 0 Å². The first-order chi connectivity index (χ1) is 12.6. The minimum Gasteiger partial charge on any atom is -0.311 e. The molecule has 1 unspecified atom stereocenters. The van der Waals surface area contributed by atoms with Gasteiger partial charge in [-0.15, -0.1) is 10.2 Å². The number of fused-ring (bicyclic) bond motifs is 1. The van der Waals surface area contributed by atoms with E-state index in [2.05, 4.69) is 29.3 Å². The van der Waals surface area contributed by atoms with Crippen LogP contribution in [0.3, 0.4) is 0 Å². The average Bonchev–Trinajstić information content (AvgIpc) is 3.28. The highest BCUT2D eigenvalue weighted by molar-refractivity contribution is 8.00. The standard InChI is InChI=1S/C20H20N4OS/c1-14-7-3-5-9-17(14)24-13-21-22-20(24)26-15(2)19(25)23-12-11-16-8-4-6-10-18(16)23/h3-10,13,15H,11-12H2,1-2H3. The molecule has 0 spiro atoms. The van der Waals surface area contributed by atoms with Crippen molar-refractivity contribution >= 4 is 23.4 Å². The summed E-state index contributed by atoms with van der Waals surface area (Å²) in [4.78, 5) is 14.9. The maximum Gasteiger partial charge on any atom is 0.240 e. The first kappa shape index (κ1) is 16.8. The second-order valence-electron chi connectivity index (χ2n) is 6.40. The van der Waals surface area contributed by atoms with Crippen molar-refractivity contribution in [3.05, 3.63) is 66.0 Å². The normalized spacial score (nSPS) is 14.3. The Kier molecular flexibility index (Phi) is 4.51. The Morgan fingerprint density at radius 2 is 1.85 bits per heavy atom. The number of benzene rings is 2. The van der Waals surface area contributed by atoms with Crippen LogP contribution < -0.4 is 4.90 Å². The number of hydrogen-bond acceptors (Lipinski definition) is 4. The molecule has 0 aliphatic carbocycles.